The van der Waals surface area contributed by atoms with Gasteiger partial charge in [0, 0.05) is 7.05 Å². The van der Waals surface area contributed by atoms with Crippen LogP contribution in [0.5, 0.6) is 0 Å². The van der Waals surface area contributed by atoms with Crippen molar-refractivity contribution >= 4 is 16.9 Å². The molecule has 0 saturated carbocycles. The topological polar surface area (TPSA) is 56.7 Å². The van der Waals surface area contributed by atoms with E-state index >= 15 is 0 Å². The average Bonchev–Trinajstić information content (AvgIpc) is 2.27. The zero-order valence-electron chi connectivity index (χ0n) is 6.15. The molecular formula is C7H8N4. The summed E-state index contributed by atoms with van der Waals surface area (Å²) in [6.45, 7) is 0. The maximum absolute atomic E-state index is 5.48. The van der Waals surface area contributed by atoms with Gasteiger partial charge in [0.15, 0.2) is 0 Å². The predicted octanol–water partition coefficient (Wildman–Crippen LogP) is 0.551. The standard InChI is InChI=1S/C7H8N4/c1-11-4-6-5(10-11)2-3-7(8)9-6/h2-4H,1H3,(H2,8,9). The fourth-order valence-electron chi connectivity index (χ4n) is 1.04. The molecule has 0 aliphatic heterocycles. The summed E-state index contributed by atoms with van der Waals surface area (Å²) in [5, 5.41) is 4.15. The van der Waals surface area contributed by atoms with Gasteiger partial charge >= 0.3 is 0 Å². The van der Waals surface area contributed by atoms with Crippen molar-refractivity contribution in [3.05, 3.63) is 18.3 Å². The Morgan fingerprint density at radius 1 is 1.36 bits per heavy atom. The number of nitrogens with zero attached hydrogens (tertiary/aromatic N) is 3. The number of nitrogens with two attached hydrogens (primary N) is 1. The third-order valence-electron chi connectivity index (χ3n) is 1.50. The van der Waals surface area contributed by atoms with Crippen molar-refractivity contribution in [3.8, 4) is 0 Å². The van der Waals surface area contributed by atoms with Gasteiger partial charge in [-0.15, -0.1) is 0 Å². The van der Waals surface area contributed by atoms with E-state index in [4.69, 9.17) is 5.73 Å². The first-order chi connectivity index (χ1) is 5.25. The summed E-state index contributed by atoms with van der Waals surface area (Å²) in [7, 11) is 1.86. The van der Waals surface area contributed by atoms with Crippen LogP contribution in [0.1, 0.15) is 0 Å². The fourth-order valence-corrected chi connectivity index (χ4v) is 1.04. The smallest absolute Gasteiger partial charge is 0.124 e. The van der Waals surface area contributed by atoms with Crippen molar-refractivity contribution in [2.24, 2.45) is 7.05 Å². The van der Waals surface area contributed by atoms with Gasteiger partial charge in [-0.25, -0.2) is 4.98 Å². The molecule has 4 nitrogen and oxygen atoms in total. The van der Waals surface area contributed by atoms with Gasteiger partial charge in [0.25, 0.3) is 0 Å². The number of anilines is 1. The first-order valence-corrected chi connectivity index (χ1v) is 3.31. The number of aromatic nitrogens is 3. The Balaban J connectivity index is 2.82. The molecule has 0 radical (unpaired) electrons. The van der Waals surface area contributed by atoms with Gasteiger partial charge in [-0.1, -0.05) is 0 Å². The first kappa shape index (κ1) is 6.15. The van der Waals surface area contributed by atoms with Gasteiger partial charge in [0.2, 0.25) is 0 Å². The van der Waals surface area contributed by atoms with Crippen LogP contribution < -0.4 is 5.73 Å². The van der Waals surface area contributed by atoms with Crippen LogP contribution in [0.4, 0.5) is 5.82 Å². The molecule has 2 aromatic rings. The van der Waals surface area contributed by atoms with E-state index in [0.29, 0.717) is 5.82 Å². The van der Waals surface area contributed by atoms with E-state index in [2.05, 4.69) is 10.1 Å². The highest BCUT2D eigenvalue weighted by Crippen LogP contribution is 2.09. The number of hydrogen-bond donors (Lipinski definition) is 1. The number of pyridine rings is 1. The van der Waals surface area contributed by atoms with Crippen LogP contribution >= 0.6 is 0 Å². The van der Waals surface area contributed by atoms with E-state index in [1.54, 1.807) is 10.7 Å². The molecule has 4 heteroatoms. The van der Waals surface area contributed by atoms with Crippen LogP contribution in [0.2, 0.25) is 0 Å². The summed E-state index contributed by atoms with van der Waals surface area (Å²) < 4.78 is 1.72. The number of hydrogen-bond acceptors (Lipinski definition) is 3. The lowest BCUT2D eigenvalue weighted by Crippen LogP contribution is -1.87. The SMILES string of the molecule is Cn1cc2nc(N)ccc2n1. The predicted molar refractivity (Wildman–Crippen MR) is 42.9 cm³/mol. The van der Waals surface area contributed by atoms with Gasteiger partial charge in [-0.05, 0) is 12.1 Å². The first-order valence-electron chi connectivity index (χ1n) is 3.31. The van der Waals surface area contributed by atoms with E-state index in [0.717, 1.165) is 11.0 Å². The minimum atomic E-state index is 0.533. The lowest BCUT2D eigenvalue weighted by atomic mass is 10.4. The van der Waals surface area contributed by atoms with E-state index < -0.39 is 0 Å². The molecule has 2 N–H and O–H groups in total. The molecule has 2 aromatic heterocycles. The Bertz CT molecular complexity index is 390. The summed E-state index contributed by atoms with van der Waals surface area (Å²) in [6, 6.07) is 3.60. The van der Waals surface area contributed by atoms with Crippen LogP contribution in [0.3, 0.4) is 0 Å². The summed E-state index contributed by atoms with van der Waals surface area (Å²) >= 11 is 0. The quantitative estimate of drug-likeness (QED) is 0.593. The molecule has 0 saturated heterocycles. The maximum Gasteiger partial charge on any atom is 0.124 e. The van der Waals surface area contributed by atoms with Crippen LogP contribution in [0.15, 0.2) is 18.3 Å². The molecule has 0 spiro atoms. The molecule has 0 bridgehead atoms. The number of aryl methyl sites for hydroxylation is 1. The van der Waals surface area contributed by atoms with Crippen LogP contribution in [-0.2, 0) is 7.05 Å². The lowest BCUT2D eigenvalue weighted by Gasteiger charge is -1.88. The maximum atomic E-state index is 5.48. The van der Waals surface area contributed by atoms with Crippen LogP contribution in [-0.4, -0.2) is 14.8 Å². The number of fused-ring (bicyclic) bond motifs is 1. The molecule has 0 aliphatic carbocycles. The Labute approximate surface area is 63.6 Å². The second-order valence-corrected chi connectivity index (χ2v) is 2.44. The van der Waals surface area contributed by atoms with Crippen molar-refractivity contribution < 1.29 is 0 Å². The molecule has 2 rings (SSSR count). The zero-order chi connectivity index (χ0) is 7.84. The molecule has 0 unspecified atom stereocenters. The van der Waals surface area contributed by atoms with Crippen molar-refractivity contribution in [1.29, 1.82) is 0 Å². The summed E-state index contributed by atoms with van der Waals surface area (Å²) in [5.74, 6) is 0.533. The van der Waals surface area contributed by atoms with Crippen LogP contribution in [0, 0.1) is 0 Å². The van der Waals surface area contributed by atoms with Crippen molar-refractivity contribution in [2.75, 3.05) is 5.73 Å². The number of nitrogen functional groups attached to an aromatic ring is 1. The van der Waals surface area contributed by atoms with Crippen molar-refractivity contribution in [2.45, 2.75) is 0 Å². The van der Waals surface area contributed by atoms with Gasteiger partial charge in [0.05, 0.1) is 6.20 Å². The van der Waals surface area contributed by atoms with Gasteiger partial charge < -0.3 is 5.73 Å². The minimum Gasteiger partial charge on any atom is -0.384 e. The Morgan fingerprint density at radius 2 is 2.18 bits per heavy atom. The third kappa shape index (κ3) is 0.920. The molecule has 0 amide bonds. The number of rotatable bonds is 0. The third-order valence-corrected chi connectivity index (χ3v) is 1.50. The molecule has 11 heavy (non-hydrogen) atoms. The lowest BCUT2D eigenvalue weighted by molar-refractivity contribution is 0.779. The summed E-state index contributed by atoms with van der Waals surface area (Å²) in [5.41, 5.74) is 7.20. The second kappa shape index (κ2) is 1.95. The molecular weight excluding hydrogens is 140 g/mol. The summed E-state index contributed by atoms with van der Waals surface area (Å²) in [4.78, 5) is 4.09. The van der Waals surface area contributed by atoms with E-state index in [9.17, 15) is 0 Å². The average molecular weight is 148 g/mol. The Morgan fingerprint density at radius 3 is 3.00 bits per heavy atom. The molecule has 0 atom stereocenters. The normalized spacial score (nSPS) is 10.6. The highest BCUT2D eigenvalue weighted by molar-refractivity contribution is 5.74. The fraction of sp³-hybridized carbons (Fsp3) is 0.143. The van der Waals surface area contributed by atoms with E-state index in [1.807, 2.05) is 19.3 Å². The van der Waals surface area contributed by atoms with Crippen molar-refractivity contribution in [1.82, 2.24) is 14.8 Å². The Hall–Kier alpha value is -1.58. The molecule has 56 valence electrons. The zero-order valence-corrected chi connectivity index (χ0v) is 6.15. The molecule has 0 fully saturated rings. The van der Waals surface area contributed by atoms with Gasteiger partial charge in [0.1, 0.15) is 16.9 Å². The van der Waals surface area contributed by atoms with Gasteiger partial charge in [-0.3, -0.25) is 4.68 Å². The molecule has 0 aliphatic rings. The van der Waals surface area contributed by atoms with Crippen LogP contribution in [0.25, 0.3) is 11.0 Å². The van der Waals surface area contributed by atoms with Crippen molar-refractivity contribution in [3.63, 3.8) is 0 Å². The van der Waals surface area contributed by atoms with E-state index in [-0.39, 0.29) is 0 Å². The van der Waals surface area contributed by atoms with Gasteiger partial charge in [-0.2, -0.15) is 5.10 Å². The largest absolute Gasteiger partial charge is 0.384 e. The van der Waals surface area contributed by atoms with E-state index in [1.165, 1.54) is 0 Å². The Kier molecular flexibility index (Phi) is 1.09. The highest BCUT2D eigenvalue weighted by Gasteiger charge is 1.97. The minimum absolute atomic E-state index is 0.533. The highest BCUT2D eigenvalue weighted by atomic mass is 15.3. The monoisotopic (exact) mass is 148 g/mol. The second-order valence-electron chi connectivity index (χ2n) is 2.44. The summed E-state index contributed by atoms with van der Waals surface area (Å²) in [6.07, 6.45) is 1.84. The molecule has 2 heterocycles. The molecule has 0 aromatic carbocycles.